The third kappa shape index (κ3) is 2.87. The van der Waals surface area contributed by atoms with E-state index in [1.165, 1.54) is 37.1 Å². The Morgan fingerprint density at radius 3 is 1.71 bits per heavy atom. The highest BCUT2D eigenvalue weighted by molar-refractivity contribution is 5.40. The normalized spacial score (nSPS) is 16.2. The average molecular weight is 280 g/mol. The summed E-state index contributed by atoms with van der Waals surface area (Å²) in [5.41, 5.74) is 8.87. The van der Waals surface area contributed by atoms with E-state index < -0.39 is 0 Å². The summed E-state index contributed by atoms with van der Waals surface area (Å²) in [5.74, 6) is 0. The van der Waals surface area contributed by atoms with Gasteiger partial charge in [-0.3, -0.25) is 0 Å². The highest BCUT2D eigenvalue weighted by Crippen LogP contribution is 2.33. The molecule has 2 heteroatoms. The first kappa shape index (κ1) is 14.3. The first-order valence-corrected chi connectivity index (χ1v) is 7.89. The number of rotatable bonds is 5. The average Bonchev–Trinajstić information content (AvgIpc) is 3.07. The van der Waals surface area contributed by atoms with Crippen LogP contribution in [0.4, 0.5) is 0 Å². The van der Waals surface area contributed by atoms with Crippen molar-refractivity contribution in [3.05, 3.63) is 71.8 Å². The second-order valence-corrected chi connectivity index (χ2v) is 6.00. The Hall–Kier alpha value is -1.64. The third-order valence-corrected chi connectivity index (χ3v) is 4.69. The zero-order chi connectivity index (χ0) is 14.5. The van der Waals surface area contributed by atoms with E-state index in [1.807, 2.05) is 0 Å². The van der Waals surface area contributed by atoms with Gasteiger partial charge in [-0.25, -0.2) is 0 Å². The van der Waals surface area contributed by atoms with Crippen molar-refractivity contribution in [3.8, 4) is 0 Å². The number of nitrogens with two attached hydrogens (primary N) is 1. The lowest BCUT2D eigenvalue weighted by Gasteiger charge is -2.37. The second-order valence-electron chi connectivity index (χ2n) is 6.00. The molecule has 110 valence electrons. The maximum absolute atomic E-state index is 6.32. The Labute approximate surface area is 127 Å². The zero-order valence-corrected chi connectivity index (χ0v) is 12.5. The summed E-state index contributed by atoms with van der Waals surface area (Å²) in [6.07, 6.45) is 2.62. The fraction of sp³-hybridized carbons (Fsp3) is 0.368. The molecule has 0 bridgehead atoms. The van der Waals surface area contributed by atoms with Gasteiger partial charge in [-0.15, -0.1) is 0 Å². The molecule has 0 atom stereocenters. The summed E-state index contributed by atoms with van der Waals surface area (Å²) in [5, 5.41) is 0. The van der Waals surface area contributed by atoms with Crippen LogP contribution in [-0.4, -0.2) is 31.1 Å². The second kappa shape index (κ2) is 6.42. The van der Waals surface area contributed by atoms with Gasteiger partial charge in [-0.2, -0.15) is 0 Å². The molecular weight excluding hydrogens is 256 g/mol. The Kier molecular flexibility index (Phi) is 4.37. The van der Waals surface area contributed by atoms with E-state index >= 15 is 0 Å². The minimum absolute atomic E-state index is 0.104. The number of benzene rings is 2. The van der Waals surface area contributed by atoms with Crippen LogP contribution in [-0.2, 0) is 5.41 Å². The molecule has 1 aliphatic rings. The van der Waals surface area contributed by atoms with E-state index in [2.05, 4.69) is 65.6 Å². The highest BCUT2D eigenvalue weighted by atomic mass is 15.1. The summed E-state index contributed by atoms with van der Waals surface area (Å²) < 4.78 is 0. The minimum Gasteiger partial charge on any atom is -0.329 e. The Morgan fingerprint density at radius 1 is 0.810 bits per heavy atom. The lowest BCUT2D eigenvalue weighted by molar-refractivity contribution is 0.274. The summed E-state index contributed by atoms with van der Waals surface area (Å²) >= 11 is 0. The number of nitrogens with zero attached hydrogens (tertiary/aromatic N) is 1. The van der Waals surface area contributed by atoms with Crippen LogP contribution in [0.15, 0.2) is 60.7 Å². The Balaban J connectivity index is 2.03. The minimum atomic E-state index is -0.104. The molecule has 2 N–H and O–H groups in total. The molecule has 1 aliphatic heterocycles. The fourth-order valence-corrected chi connectivity index (χ4v) is 3.49. The molecule has 2 nitrogen and oxygen atoms in total. The van der Waals surface area contributed by atoms with Crippen molar-refractivity contribution >= 4 is 0 Å². The van der Waals surface area contributed by atoms with Gasteiger partial charge in [0.05, 0.1) is 0 Å². The number of hydrogen-bond donors (Lipinski definition) is 1. The maximum Gasteiger partial charge on any atom is 0.0451 e. The van der Waals surface area contributed by atoms with Crippen LogP contribution in [0, 0.1) is 0 Å². The summed E-state index contributed by atoms with van der Waals surface area (Å²) in [6, 6.07) is 21.5. The maximum atomic E-state index is 6.32. The molecular formula is C19H24N2. The molecule has 0 unspecified atom stereocenters. The van der Waals surface area contributed by atoms with E-state index in [0.29, 0.717) is 6.54 Å². The molecule has 0 saturated carbocycles. The summed E-state index contributed by atoms with van der Waals surface area (Å²) in [4.78, 5) is 2.56. The molecule has 2 aromatic rings. The van der Waals surface area contributed by atoms with Gasteiger partial charge in [0.25, 0.3) is 0 Å². The standard InChI is InChI=1S/C19H24N2/c20-15-19(16-21-13-7-8-14-21,17-9-3-1-4-10-17)18-11-5-2-6-12-18/h1-6,9-12H,7-8,13-16,20H2. The van der Waals surface area contributed by atoms with Crippen molar-refractivity contribution in [2.24, 2.45) is 5.73 Å². The van der Waals surface area contributed by atoms with Crippen molar-refractivity contribution in [1.29, 1.82) is 0 Å². The van der Waals surface area contributed by atoms with E-state index in [0.717, 1.165) is 6.54 Å². The van der Waals surface area contributed by atoms with Gasteiger partial charge in [0.2, 0.25) is 0 Å². The van der Waals surface area contributed by atoms with Gasteiger partial charge in [-0.05, 0) is 37.1 Å². The highest BCUT2D eigenvalue weighted by Gasteiger charge is 2.35. The molecule has 1 saturated heterocycles. The first-order valence-electron chi connectivity index (χ1n) is 7.89. The van der Waals surface area contributed by atoms with Crippen molar-refractivity contribution in [2.45, 2.75) is 18.3 Å². The topological polar surface area (TPSA) is 29.3 Å². The Bertz CT molecular complexity index is 505. The van der Waals surface area contributed by atoms with Crippen LogP contribution in [0.3, 0.4) is 0 Å². The van der Waals surface area contributed by atoms with Crippen molar-refractivity contribution in [3.63, 3.8) is 0 Å². The number of likely N-dealkylation sites (tertiary alicyclic amines) is 1. The lowest BCUT2D eigenvalue weighted by Crippen LogP contribution is -2.46. The fourth-order valence-electron chi connectivity index (χ4n) is 3.49. The molecule has 1 fully saturated rings. The molecule has 0 amide bonds. The zero-order valence-electron chi connectivity index (χ0n) is 12.5. The largest absolute Gasteiger partial charge is 0.329 e. The van der Waals surface area contributed by atoms with Crippen molar-refractivity contribution in [1.82, 2.24) is 4.90 Å². The molecule has 0 aliphatic carbocycles. The van der Waals surface area contributed by atoms with E-state index in [1.54, 1.807) is 0 Å². The number of hydrogen-bond acceptors (Lipinski definition) is 2. The van der Waals surface area contributed by atoms with Gasteiger partial charge in [0.1, 0.15) is 0 Å². The Morgan fingerprint density at radius 2 is 1.29 bits per heavy atom. The van der Waals surface area contributed by atoms with Crippen LogP contribution >= 0.6 is 0 Å². The van der Waals surface area contributed by atoms with Crippen molar-refractivity contribution < 1.29 is 0 Å². The van der Waals surface area contributed by atoms with Crippen molar-refractivity contribution in [2.75, 3.05) is 26.2 Å². The van der Waals surface area contributed by atoms with Crippen LogP contribution in [0.1, 0.15) is 24.0 Å². The quantitative estimate of drug-likeness (QED) is 0.912. The van der Waals surface area contributed by atoms with Gasteiger partial charge in [-0.1, -0.05) is 60.7 Å². The monoisotopic (exact) mass is 280 g/mol. The SMILES string of the molecule is NCC(CN1CCCC1)(c1ccccc1)c1ccccc1. The van der Waals surface area contributed by atoms with E-state index in [-0.39, 0.29) is 5.41 Å². The van der Waals surface area contributed by atoms with Crippen LogP contribution in [0.25, 0.3) is 0 Å². The van der Waals surface area contributed by atoms with Crippen LogP contribution < -0.4 is 5.73 Å². The molecule has 21 heavy (non-hydrogen) atoms. The predicted octanol–water partition coefficient (Wildman–Crippen LogP) is 3.03. The molecule has 0 spiro atoms. The van der Waals surface area contributed by atoms with Gasteiger partial charge in [0, 0.05) is 18.5 Å². The molecule has 2 aromatic carbocycles. The van der Waals surface area contributed by atoms with Crippen LogP contribution in [0.5, 0.6) is 0 Å². The van der Waals surface area contributed by atoms with Crippen LogP contribution in [0.2, 0.25) is 0 Å². The summed E-state index contributed by atoms with van der Waals surface area (Å²) in [6.45, 7) is 4.04. The predicted molar refractivity (Wildman–Crippen MR) is 88.4 cm³/mol. The molecule has 3 rings (SSSR count). The lowest BCUT2D eigenvalue weighted by atomic mass is 9.74. The van der Waals surface area contributed by atoms with Gasteiger partial charge < -0.3 is 10.6 Å². The van der Waals surface area contributed by atoms with E-state index in [9.17, 15) is 0 Å². The molecule has 0 aromatic heterocycles. The smallest absolute Gasteiger partial charge is 0.0451 e. The molecule has 0 radical (unpaired) electrons. The third-order valence-electron chi connectivity index (χ3n) is 4.69. The summed E-state index contributed by atoms with van der Waals surface area (Å²) in [7, 11) is 0. The first-order chi connectivity index (χ1) is 10.3. The molecule has 1 heterocycles. The van der Waals surface area contributed by atoms with Gasteiger partial charge >= 0.3 is 0 Å². The van der Waals surface area contributed by atoms with E-state index in [4.69, 9.17) is 5.73 Å². The van der Waals surface area contributed by atoms with Gasteiger partial charge in [0.15, 0.2) is 0 Å².